The van der Waals surface area contributed by atoms with E-state index >= 15 is 0 Å². The van der Waals surface area contributed by atoms with E-state index in [0.717, 1.165) is 34.4 Å². The second-order valence-corrected chi connectivity index (χ2v) is 27.8. The molecule has 7 heterocycles. The van der Waals surface area contributed by atoms with Crippen LogP contribution in [-0.2, 0) is 67.0 Å². The lowest BCUT2D eigenvalue weighted by Crippen LogP contribution is -2.39. The number of anilines is 1. The second-order valence-electron chi connectivity index (χ2n) is 25.0. The van der Waals surface area contributed by atoms with Crippen LogP contribution in [0.15, 0.2) is 123 Å². The smallest absolute Gasteiger partial charge is 0.390 e. The molecule has 0 radical (unpaired) electrons. The van der Waals surface area contributed by atoms with Gasteiger partial charge in [0.2, 0.25) is 11.8 Å². The number of H-pyrrole nitrogens is 2. The molecule has 33 nitrogen and oxygen atoms in total. The molecule has 3 saturated heterocycles. The van der Waals surface area contributed by atoms with Gasteiger partial charge in [-0.2, -0.15) is 0 Å². The fourth-order valence-electron chi connectivity index (χ4n) is 12.0. The molecular weight excluding hydrogens is 1380 g/mol. The Morgan fingerprint density at radius 3 is 1.89 bits per heavy atom. The number of carbonyl (C=O) groups is 5. The number of unbranched alkanes of at least 4 members (excludes halogenated alkanes) is 1. The highest BCUT2D eigenvalue weighted by Gasteiger charge is 2.47. The van der Waals surface area contributed by atoms with Crippen molar-refractivity contribution >= 4 is 62.7 Å². The zero-order valence-electron chi connectivity index (χ0n) is 56.4. The predicted octanol–water partition coefficient (Wildman–Crippen LogP) is 3.96. The van der Waals surface area contributed by atoms with Crippen molar-refractivity contribution in [2.24, 2.45) is 0 Å². The number of nitrogens with two attached hydrogens (primary N) is 1. The SMILES string of the molecule is COC[C@H]1O[C@@H](n2cc(C#CCCC(=O)CNC(=O)CCN(CCN(C)C)C(=O)CCCCc3ccccc3)c(=O)[nH]c2=O)C[C@@H]1OP(=O)(O)OC[C@H]1O[C@@H](n2cc(-c3ccc(C=O)cc3)c(=O)[nH]c2=O)C[C@@H]1OP(=O)(O)OC[C@H]1O[C@@H](n2cc(-c3ccc(C=O)cc3)c3c(N)ncnc32)C[C@@H]1O. The number of amides is 2. The number of aliphatic hydroxyl groups is 1. The largest absolute Gasteiger partial charge is 0.472 e. The van der Waals surface area contributed by atoms with Gasteiger partial charge in [-0.15, -0.1) is 0 Å². The lowest BCUT2D eigenvalue weighted by atomic mass is 10.0. The Labute approximate surface area is 588 Å². The van der Waals surface area contributed by atoms with E-state index in [1.807, 2.05) is 49.3 Å². The number of aliphatic hydroxyl groups excluding tert-OH is 1. The number of fused-ring (bicyclic) bond motifs is 1. The monoisotopic (exact) mass is 1460 g/mol. The molecule has 2 unspecified atom stereocenters. The lowest BCUT2D eigenvalue weighted by Gasteiger charge is -2.24. The van der Waals surface area contributed by atoms with Gasteiger partial charge in [-0.3, -0.25) is 70.8 Å². The van der Waals surface area contributed by atoms with Crippen LogP contribution in [0.4, 0.5) is 5.82 Å². The Morgan fingerprint density at radius 2 is 1.27 bits per heavy atom. The van der Waals surface area contributed by atoms with Crippen molar-refractivity contribution in [2.75, 3.05) is 72.9 Å². The highest BCUT2D eigenvalue weighted by Crippen LogP contribution is 2.52. The van der Waals surface area contributed by atoms with Gasteiger partial charge in [-0.05, 0) is 50.0 Å². The van der Waals surface area contributed by atoms with Crippen LogP contribution in [-0.4, -0.2) is 192 Å². The van der Waals surface area contributed by atoms with Gasteiger partial charge in [-0.25, -0.2) is 28.7 Å². The predicted molar refractivity (Wildman–Crippen MR) is 369 cm³/mol. The number of aromatic amines is 2. The standard InChI is InChI=1S/C68H79N11O22P2/c1-75(2)27-28-76(58(85)16-10-7-13-42-11-5-4-6-12-42)26-25-57(84)70-32-48(82)15-9-8-14-47-33-78(67(88)73-65(47)86)60-30-52(55(98-60)38-94-3)100-103(92,93)96-40-56-53(31-61(99-56)79-35-50(66(87)74-68(79)89)46-23-19-44(37-81)20-24-46)101-102(90,91)95-39-54-51(83)29-59(97-54)77-34-49(45-21-17-43(36-80)18-22-45)62-63(69)71-41-72-64(62)77/h4-6,11-12,17-24,33-37,41,51-56,59-61,83H,7,9-10,13,15-16,25-32,38-40H2,1-3H3,(H,70,84)(H,90,91)(H,92,93)(H2,69,71,72)(H,73,86,88)(H,74,87,89)/t51-,52-,53-,54+,55+,56+,59+,60+,61+/m0/s1. The number of Topliss-reactive ketones (excluding diaryl/α,β-unsaturated/α-hetero) is 1. The topological polar surface area (TPSA) is 439 Å². The summed E-state index contributed by atoms with van der Waals surface area (Å²) in [7, 11) is -5.50. The number of ether oxygens (including phenoxy) is 4. The van der Waals surface area contributed by atoms with Gasteiger partial charge in [0.05, 0.1) is 43.4 Å². The Hall–Kier alpha value is -9.07. The van der Waals surface area contributed by atoms with E-state index in [9.17, 15) is 67.2 Å². The van der Waals surface area contributed by atoms with Crippen LogP contribution >= 0.6 is 15.6 Å². The molecule has 10 rings (SSSR count). The number of ketones is 1. The van der Waals surface area contributed by atoms with E-state index in [0.29, 0.717) is 66.2 Å². The molecule has 3 aliphatic rings. The summed E-state index contributed by atoms with van der Waals surface area (Å²) < 4.78 is 77.5. The fraction of sp³-hybridized carbons (Fsp3) is 0.426. The van der Waals surface area contributed by atoms with Crippen LogP contribution in [0.2, 0.25) is 0 Å². The molecular formula is C68H79N11O22P2. The number of carbonyl (C=O) groups excluding carboxylic acids is 5. The number of benzene rings is 3. The minimum Gasteiger partial charge on any atom is -0.390 e. The first kappa shape index (κ1) is 76.6. The van der Waals surface area contributed by atoms with Crippen molar-refractivity contribution in [1.82, 2.24) is 48.8 Å². The van der Waals surface area contributed by atoms with Crippen LogP contribution in [0.3, 0.4) is 0 Å². The molecule has 103 heavy (non-hydrogen) atoms. The summed E-state index contributed by atoms with van der Waals surface area (Å²) in [6.07, 6.45) is -3.87. The number of likely N-dealkylation sites (N-methyl/N-ethyl adjacent to an activating group) is 1. The maximum atomic E-state index is 14.0. The molecule has 3 aromatic carbocycles. The Bertz CT molecular complexity index is 4590. The summed E-state index contributed by atoms with van der Waals surface area (Å²) in [6, 6.07) is 22.4. The average Bonchev–Trinajstić information content (AvgIpc) is 1.59. The number of phosphoric acid groups is 2. The number of hydrogen-bond donors (Lipinski definition) is 7. The van der Waals surface area contributed by atoms with Crippen molar-refractivity contribution in [2.45, 2.75) is 120 Å². The van der Waals surface area contributed by atoms with Crippen molar-refractivity contribution in [3.63, 3.8) is 0 Å². The third-order valence-electron chi connectivity index (χ3n) is 17.4. The first-order chi connectivity index (χ1) is 49.4. The number of hydrogen-bond acceptors (Lipinski definition) is 24. The molecule has 2 amide bonds. The number of rotatable bonds is 34. The molecule has 0 saturated carbocycles. The normalized spacial score (nSPS) is 21.4. The lowest BCUT2D eigenvalue weighted by molar-refractivity contribution is -0.132. The van der Waals surface area contributed by atoms with E-state index in [1.54, 1.807) is 39.9 Å². The zero-order chi connectivity index (χ0) is 73.5. The van der Waals surface area contributed by atoms with E-state index in [4.69, 9.17) is 42.8 Å². The maximum Gasteiger partial charge on any atom is 0.472 e. The van der Waals surface area contributed by atoms with Gasteiger partial charge in [0.1, 0.15) is 85.1 Å². The van der Waals surface area contributed by atoms with Crippen LogP contribution in [0.25, 0.3) is 33.3 Å². The van der Waals surface area contributed by atoms with E-state index < -0.39 is 119 Å². The maximum absolute atomic E-state index is 14.0. The van der Waals surface area contributed by atoms with Crippen molar-refractivity contribution in [1.29, 1.82) is 0 Å². The summed E-state index contributed by atoms with van der Waals surface area (Å²) in [6.45, 7) is -1.06. The van der Waals surface area contributed by atoms with Crippen LogP contribution in [0.5, 0.6) is 0 Å². The molecule has 0 bridgehead atoms. The summed E-state index contributed by atoms with van der Waals surface area (Å²) in [5, 5.41) is 14.3. The van der Waals surface area contributed by atoms with E-state index in [2.05, 4.69) is 37.1 Å². The van der Waals surface area contributed by atoms with Crippen molar-refractivity contribution in [3.05, 3.63) is 168 Å². The van der Waals surface area contributed by atoms with Gasteiger partial charge in [0, 0.05) is 107 Å². The minimum atomic E-state index is -5.30. The quantitative estimate of drug-likeness (QED) is 0.0130. The Morgan fingerprint density at radius 1 is 0.699 bits per heavy atom. The first-order valence-corrected chi connectivity index (χ1v) is 36.0. The second kappa shape index (κ2) is 34.9. The molecule has 3 aliphatic heterocycles. The highest BCUT2D eigenvalue weighted by atomic mass is 31.2. The van der Waals surface area contributed by atoms with Gasteiger partial charge in [0.25, 0.3) is 11.1 Å². The summed E-state index contributed by atoms with van der Waals surface area (Å²) in [5.41, 5.74) is 6.14. The van der Waals surface area contributed by atoms with E-state index in [1.165, 1.54) is 43.3 Å². The summed E-state index contributed by atoms with van der Waals surface area (Å²) in [5.74, 6) is 4.67. The third-order valence-corrected chi connectivity index (χ3v) is 19.4. The molecule has 548 valence electrons. The third kappa shape index (κ3) is 20.2. The minimum absolute atomic E-state index is 0.0177. The molecule has 11 atom stereocenters. The molecule has 0 spiro atoms. The number of nitrogen functional groups attached to an aromatic ring is 1. The van der Waals surface area contributed by atoms with Crippen molar-refractivity contribution in [3.8, 4) is 34.1 Å². The number of aryl methyl sites for hydroxylation is 1. The van der Waals surface area contributed by atoms with Gasteiger partial charge in [-0.1, -0.05) is 90.7 Å². The number of aldehydes is 2. The van der Waals surface area contributed by atoms with Crippen LogP contribution in [0, 0.1) is 11.8 Å². The molecule has 0 aliphatic carbocycles. The number of phosphoric ester groups is 2. The Balaban J connectivity index is 0.764. The van der Waals surface area contributed by atoms with Gasteiger partial charge >= 0.3 is 27.0 Å². The van der Waals surface area contributed by atoms with Crippen LogP contribution < -0.4 is 33.5 Å². The van der Waals surface area contributed by atoms with Crippen molar-refractivity contribution < 1.29 is 85.0 Å². The van der Waals surface area contributed by atoms with Gasteiger partial charge in [0.15, 0.2) is 5.78 Å². The number of nitrogens with zero attached hydrogens (tertiary/aromatic N) is 7. The Kier molecular flexibility index (Phi) is 26.0. The first-order valence-electron chi connectivity index (χ1n) is 33.0. The highest BCUT2D eigenvalue weighted by molar-refractivity contribution is 7.47. The average molecular weight is 1460 g/mol. The molecule has 35 heteroatoms. The number of nitrogens with one attached hydrogen (secondary N) is 3. The number of aromatic nitrogens is 7. The molecule has 7 aromatic rings. The fourth-order valence-corrected chi connectivity index (χ4v) is 13.9. The van der Waals surface area contributed by atoms with Crippen LogP contribution in [0.1, 0.15) is 108 Å². The molecule has 8 N–H and O–H groups in total. The summed E-state index contributed by atoms with van der Waals surface area (Å²) >= 11 is 0. The number of methoxy groups -OCH3 is 1. The summed E-state index contributed by atoms with van der Waals surface area (Å²) in [4.78, 5) is 154. The zero-order valence-corrected chi connectivity index (χ0v) is 58.2. The molecule has 4 aromatic heterocycles. The van der Waals surface area contributed by atoms with E-state index in [-0.39, 0.29) is 91.6 Å². The molecule has 3 fully saturated rings. The van der Waals surface area contributed by atoms with Gasteiger partial charge < -0.3 is 59.3 Å².